The molecular formula is C41H57N7. The van der Waals surface area contributed by atoms with Gasteiger partial charge >= 0.3 is 0 Å². The fourth-order valence-electron chi connectivity index (χ4n) is 7.06. The van der Waals surface area contributed by atoms with Crippen molar-refractivity contribution in [3.8, 4) is 0 Å². The molecule has 2 heterocycles. The summed E-state index contributed by atoms with van der Waals surface area (Å²) in [5.74, 6) is 4.23. The molecule has 0 saturated heterocycles. The van der Waals surface area contributed by atoms with E-state index in [0.717, 1.165) is 99.8 Å². The summed E-state index contributed by atoms with van der Waals surface area (Å²) in [6.07, 6.45) is 11.1. The summed E-state index contributed by atoms with van der Waals surface area (Å²) in [4.78, 5) is 20.6. The Morgan fingerprint density at radius 2 is 0.958 bits per heavy atom. The van der Waals surface area contributed by atoms with E-state index in [9.17, 15) is 0 Å². The number of anilines is 3. The van der Waals surface area contributed by atoms with Gasteiger partial charge in [0.05, 0.1) is 11.4 Å². The van der Waals surface area contributed by atoms with Crippen LogP contribution in [-0.2, 0) is 6.42 Å². The van der Waals surface area contributed by atoms with Crippen molar-refractivity contribution in [2.45, 2.75) is 116 Å². The zero-order valence-corrected chi connectivity index (χ0v) is 29.7. The van der Waals surface area contributed by atoms with Crippen LogP contribution in [0.15, 0.2) is 72.8 Å². The van der Waals surface area contributed by atoms with Crippen LogP contribution < -0.4 is 16.0 Å². The van der Waals surface area contributed by atoms with E-state index >= 15 is 0 Å². The molecule has 0 aliphatic heterocycles. The van der Waals surface area contributed by atoms with Crippen molar-refractivity contribution in [3.05, 3.63) is 101 Å². The summed E-state index contributed by atoms with van der Waals surface area (Å²) in [6.45, 7) is 11.6. The van der Waals surface area contributed by atoms with Gasteiger partial charge in [-0.1, -0.05) is 120 Å². The Morgan fingerprint density at radius 3 is 1.48 bits per heavy atom. The number of aromatic nitrogens is 4. The Hall–Kier alpha value is -4.00. The molecule has 1 fully saturated rings. The number of nitrogens with one attached hydrogen (secondary N) is 3. The van der Waals surface area contributed by atoms with Crippen molar-refractivity contribution < 1.29 is 0 Å². The molecule has 1 aliphatic rings. The molecule has 7 heteroatoms. The van der Waals surface area contributed by atoms with E-state index in [1.807, 2.05) is 0 Å². The van der Waals surface area contributed by atoms with Gasteiger partial charge in [0.25, 0.3) is 0 Å². The van der Waals surface area contributed by atoms with Crippen LogP contribution in [0.25, 0.3) is 0 Å². The SMILES string of the molecule is CCCCCc1nc(NCCCC)cc(C2[C@@H](c3ccccc3)C(c3cc(NCCCC)nc(NCCCC)n3)[C@@H]2c2ccccc2)n1. The molecular weight excluding hydrogens is 591 g/mol. The van der Waals surface area contributed by atoms with Gasteiger partial charge in [0.15, 0.2) is 0 Å². The Bertz CT molecular complexity index is 1330. The largest absolute Gasteiger partial charge is 0.370 e. The zero-order chi connectivity index (χ0) is 33.6. The second kappa shape index (κ2) is 18.5. The number of hydrogen-bond donors (Lipinski definition) is 3. The molecule has 2 aromatic heterocycles. The lowest BCUT2D eigenvalue weighted by atomic mass is 9.50. The second-order valence-corrected chi connectivity index (χ2v) is 13.3. The Labute approximate surface area is 289 Å². The molecule has 7 nitrogen and oxygen atoms in total. The van der Waals surface area contributed by atoms with Crippen LogP contribution in [0.5, 0.6) is 0 Å². The highest BCUT2D eigenvalue weighted by molar-refractivity contribution is 5.51. The van der Waals surface area contributed by atoms with E-state index in [2.05, 4.69) is 116 Å². The highest BCUT2D eigenvalue weighted by Crippen LogP contribution is 2.66. The smallest absolute Gasteiger partial charge is 0.224 e. The molecule has 0 amide bonds. The first-order chi connectivity index (χ1) is 23.7. The Morgan fingerprint density at radius 1 is 0.479 bits per heavy atom. The standard InChI is InChI=1S/C41H57N7/c1-5-9-15-24-34-45-32(28-35(47-34)42-25-10-6-2)39-37(30-20-16-13-17-21-30)40(38(39)31-22-18-14-19-23-31)33-29-36(43-26-11-7-3)48-41(46-33)44-27-12-8-4/h13-14,16-23,28-29,37-40H,5-12,15,24-27H2,1-4H3,(H,42,45,47)(H2,43,44,46,48)/t37-,38-,39?,40?/m1/s1. The van der Waals surface area contributed by atoms with Gasteiger partial charge in [0, 0.05) is 61.9 Å². The van der Waals surface area contributed by atoms with Gasteiger partial charge < -0.3 is 16.0 Å². The fourth-order valence-corrected chi connectivity index (χ4v) is 7.06. The van der Waals surface area contributed by atoms with Gasteiger partial charge in [-0.05, 0) is 36.8 Å². The van der Waals surface area contributed by atoms with E-state index in [1.54, 1.807) is 0 Å². The summed E-state index contributed by atoms with van der Waals surface area (Å²) in [6, 6.07) is 26.5. The number of nitrogens with zero attached hydrogens (tertiary/aromatic N) is 4. The molecule has 0 bridgehead atoms. The van der Waals surface area contributed by atoms with Gasteiger partial charge in [-0.25, -0.2) is 15.0 Å². The van der Waals surface area contributed by atoms with Crippen molar-refractivity contribution in [2.24, 2.45) is 0 Å². The predicted octanol–water partition coefficient (Wildman–Crippen LogP) is 10.1. The van der Waals surface area contributed by atoms with Crippen molar-refractivity contribution in [3.63, 3.8) is 0 Å². The summed E-state index contributed by atoms with van der Waals surface area (Å²) >= 11 is 0. The quantitative estimate of drug-likeness (QED) is 0.0823. The summed E-state index contributed by atoms with van der Waals surface area (Å²) in [5.41, 5.74) is 4.86. The van der Waals surface area contributed by atoms with Crippen LogP contribution in [0, 0.1) is 0 Å². The zero-order valence-electron chi connectivity index (χ0n) is 29.7. The topological polar surface area (TPSA) is 87.7 Å². The normalized spacial score (nSPS) is 18.7. The maximum atomic E-state index is 5.36. The van der Waals surface area contributed by atoms with E-state index in [1.165, 1.54) is 24.0 Å². The van der Waals surface area contributed by atoms with E-state index in [-0.39, 0.29) is 23.7 Å². The monoisotopic (exact) mass is 647 g/mol. The number of hydrogen-bond acceptors (Lipinski definition) is 7. The minimum absolute atomic E-state index is 0.149. The van der Waals surface area contributed by atoms with Gasteiger partial charge in [-0.15, -0.1) is 0 Å². The number of unbranched alkanes of at least 4 members (excludes halogenated alkanes) is 5. The lowest BCUT2D eigenvalue weighted by Gasteiger charge is -2.52. The Kier molecular flexibility index (Phi) is 13.6. The van der Waals surface area contributed by atoms with Crippen molar-refractivity contribution in [2.75, 3.05) is 35.6 Å². The summed E-state index contributed by atoms with van der Waals surface area (Å²) in [7, 11) is 0. The van der Waals surface area contributed by atoms with Crippen LogP contribution in [0.1, 0.15) is 137 Å². The molecule has 2 aromatic carbocycles. The third-order valence-electron chi connectivity index (χ3n) is 9.63. The molecule has 3 N–H and O–H groups in total. The van der Waals surface area contributed by atoms with Crippen molar-refractivity contribution in [1.82, 2.24) is 19.9 Å². The average Bonchev–Trinajstić information content (AvgIpc) is 3.09. The minimum atomic E-state index is 0.149. The molecule has 5 rings (SSSR count). The highest BCUT2D eigenvalue weighted by Gasteiger charge is 2.54. The maximum Gasteiger partial charge on any atom is 0.224 e. The van der Waals surface area contributed by atoms with Crippen LogP contribution in [-0.4, -0.2) is 39.6 Å². The minimum Gasteiger partial charge on any atom is -0.370 e. The molecule has 2 atom stereocenters. The first-order valence-corrected chi connectivity index (χ1v) is 18.7. The summed E-state index contributed by atoms with van der Waals surface area (Å²) < 4.78 is 0. The molecule has 1 aliphatic carbocycles. The van der Waals surface area contributed by atoms with Crippen LogP contribution in [0.2, 0.25) is 0 Å². The van der Waals surface area contributed by atoms with E-state index in [0.29, 0.717) is 5.95 Å². The number of rotatable bonds is 20. The Balaban J connectivity index is 1.63. The van der Waals surface area contributed by atoms with Gasteiger partial charge in [0.2, 0.25) is 5.95 Å². The van der Waals surface area contributed by atoms with Crippen LogP contribution >= 0.6 is 0 Å². The molecule has 4 aromatic rings. The van der Waals surface area contributed by atoms with E-state index in [4.69, 9.17) is 19.9 Å². The molecule has 256 valence electrons. The molecule has 0 spiro atoms. The highest BCUT2D eigenvalue weighted by atomic mass is 15.1. The predicted molar refractivity (Wildman–Crippen MR) is 201 cm³/mol. The number of benzene rings is 2. The van der Waals surface area contributed by atoms with Crippen molar-refractivity contribution in [1.29, 1.82) is 0 Å². The molecule has 1 saturated carbocycles. The average molecular weight is 648 g/mol. The lowest BCUT2D eigenvalue weighted by molar-refractivity contribution is 0.219. The molecule has 0 radical (unpaired) electrons. The van der Waals surface area contributed by atoms with E-state index < -0.39 is 0 Å². The maximum absolute atomic E-state index is 5.36. The number of aryl methyl sites for hydroxylation is 1. The second-order valence-electron chi connectivity index (χ2n) is 13.3. The molecule has 48 heavy (non-hydrogen) atoms. The van der Waals surface area contributed by atoms with Crippen LogP contribution in [0.4, 0.5) is 17.6 Å². The molecule has 0 unspecified atom stereocenters. The first kappa shape index (κ1) is 35.3. The van der Waals surface area contributed by atoms with Crippen molar-refractivity contribution >= 4 is 17.6 Å². The van der Waals surface area contributed by atoms with Gasteiger partial charge in [0.1, 0.15) is 17.5 Å². The first-order valence-electron chi connectivity index (χ1n) is 18.7. The van der Waals surface area contributed by atoms with Gasteiger partial charge in [-0.3, -0.25) is 0 Å². The third kappa shape index (κ3) is 9.12. The van der Waals surface area contributed by atoms with Gasteiger partial charge in [-0.2, -0.15) is 4.98 Å². The fraction of sp³-hybridized carbons (Fsp3) is 0.512. The van der Waals surface area contributed by atoms with Crippen LogP contribution in [0.3, 0.4) is 0 Å². The summed E-state index contributed by atoms with van der Waals surface area (Å²) in [5, 5.41) is 10.8. The third-order valence-corrected chi connectivity index (χ3v) is 9.63. The lowest BCUT2D eigenvalue weighted by Crippen LogP contribution is -2.41.